The molecule has 0 radical (unpaired) electrons. The van der Waals surface area contributed by atoms with Gasteiger partial charge in [-0.3, -0.25) is 9.78 Å². The Labute approximate surface area is 93.3 Å². The van der Waals surface area contributed by atoms with Gasteiger partial charge in [0.25, 0.3) is 5.91 Å². The van der Waals surface area contributed by atoms with Crippen LogP contribution in [0, 0.1) is 0 Å². The normalized spacial score (nSPS) is 12.1. The lowest BCUT2D eigenvalue weighted by Gasteiger charge is -2.06. The van der Waals surface area contributed by atoms with Gasteiger partial charge in [0.2, 0.25) is 0 Å². The molecule has 0 aliphatic carbocycles. The Morgan fingerprint density at radius 1 is 1.73 bits per heavy atom. The van der Waals surface area contributed by atoms with E-state index in [-0.39, 0.29) is 22.6 Å². The topological polar surface area (TPSA) is 62.2 Å². The van der Waals surface area contributed by atoms with Gasteiger partial charge < -0.3 is 10.4 Å². The predicted molar refractivity (Wildman–Crippen MR) is 58.2 cm³/mol. The van der Waals surface area contributed by atoms with Crippen LogP contribution in [0.4, 0.5) is 0 Å². The molecule has 1 atom stereocenters. The summed E-state index contributed by atoms with van der Waals surface area (Å²) in [5.74, 6) is -0.430. The van der Waals surface area contributed by atoms with Crippen LogP contribution in [-0.4, -0.2) is 27.9 Å². The minimum atomic E-state index is -0.313. The van der Waals surface area contributed by atoms with Gasteiger partial charge in [-0.2, -0.15) is 0 Å². The predicted octanol–water partition coefficient (Wildman–Crippen LogP) is 1.53. The number of nitrogens with zero attached hydrogens (tertiary/aromatic N) is 1. The third-order valence-corrected chi connectivity index (χ3v) is 2.09. The summed E-state index contributed by atoms with van der Waals surface area (Å²) in [5.41, 5.74) is 0.229. The van der Waals surface area contributed by atoms with Crippen LogP contribution in [-0.2, 0) is 0 Å². The summed E-state index contributed by atoms with van der Waals surface area (Å²) in [6.45, 7) is 2.35. The van der Waals surface area contributed by atoms with E-state index in [9.17, 15) is 9.90 Å². The molecule has 0 aliphatic heterocycles. The Hall–Kier alpha value is -1.29. The van der Waals surface area contributed by atoms with Gasteiger partial charge in [-0.05, 0) is 19.4 Å². The number of carbonyl (C=O) groups is 1. The molecule has 82 valence electrons. The molecule has 15 heavy (non-hydrogen) atoms. The molecule has 1 amide bonds. The molecular formula is C10H13ClN2O2. The molecule has 2 N–H and O–H groups in total. The monoisotopic (exact) mass is 228 g/mol. The molecular weight excluding hydrogens is 216 g/mol. The molecule has 1 aromatic heterocycles. The molecule has 4 nitrogen and oxygen atoms in total. The minimum absolute atomic E-state index is 0.0244. The van der Waals surface area contributed by atoms with E-state index in [2.05, 4.69) is 10.3 Å². The molecule has 0 spiro atoms. The van der Waals surface area contributed by atoms with Crippen LogP contribution in [0.2, 0.25) is 0 Å². The lowest BCUT2D eigenvalue weighted by molar-refractivity contribution is 0.0950. The van der Waals surface area contributed by atoms with Crippen LogP contribution < -0.4 is 5.32 Å². The number of nitrogens with one attached hydrogen (secondary N) is 1. The van der Waals surface area contributed by atoms with E-state index in [1.807, 2.05) is 6.92 Å². The number of rotatable bonds is 4. The minimum Gasteiger partial charge on any atom is -0.505 e. The summed E-state index contributed by atoms with van der Waals surface area (Å²) >= 11 is 5.73. The maximum atomic E-state index is 11.5. The van der Waals surface area contributed by atoms with Crippen LogP contribution in [0.25, 0.3) is 0 Å². The van der Waals surface area contributed by atoms with Crippen molar-refractivity contribution >= 4 is 17.5 Å². The number of pyridine rings is 1. The highest BCUT2D eigenvalue weighted by Crippen LogP contribution is 2.13. The maximum Gasteiger partial charge on any atom is 0.255 e. The highest BCUT2D eigenvalue weighted by Gasteiger charge is 2.09. The lowest BCUT2D eigenvalue weighted by Crippen LogP contribution is -2.25. The summed E-state index contributed by atoms with van der Waals surface area (Å²) in [6.07, 6.45) is 3.39. The molecule has 0 aromatic carbocycles. The summed E-state index contributed by atoms with van der Waals surface area (Å²) in [5, 5.41) is 12.0. The van der Waals surface area contributed by atoms with Crippen LogP contribution in [0.5, 0.6) is 5.75 Å². The third-order valence-electron chi connectivity index (χ3n) is 1.87. The first-order valence-corrected chi connectivity index (χ1v) is 5.10. The van der Waals surface area contributed by atoms with Crippen molar-refractivity contribution in [3.63, 3.8) is 0 Å². The van der Waals surface area contributed by atoms with Gasteiger partial charge in [-0.25, -0.2) is 0 Å². The number of alkyl halides is 1. The average Bonchev–Trinajstić information content (AvgIpc) is 2.17. The number of amides is 1. The van der Waals surface area contributed by atoms with E-state index in [0.717, 1.165) is 0 Å². The van der Waals surface area contributed by atoms with Crippen molar-refractivity contribution in [1.82, 2.24) is 10.3 Å². The number of carbonyl (C=O) groups excluding carboxylic acids is 1. The van der Waals surface area contributed by atoms with Crippen molar-refractivity contribution in [2.24, 2.45) is 0 Å². The Kier molecular flexibility index (Phi) is 4.37. The summed E-state index contributed by atoms with van der Waals surface area (Å²) in [4.78, 5) is 15.2. The lowest BCUT2D eigenvalue weighted by atomic mass is 10.2. The van der Waals surface area contributed by atoms with Gasteiger partial charge in [-0.15, -0.1) is 11.6 Å². The molecule has 0 saturated heterocycles. The van der Waals surface area contributed by atoms with E-state index < -0.39 is 0 Å². The number of halogens is 1. The zero-order chi connectivity index (χ0) is 11.3. The van der Waals surface area contributed by atoms with Crippen molar-refractivity contribution in [1.29, 1.82) is 0 Å². The van der Waals surface area contributed by atoms with Crippen LogP contribution in [0.15, 0.2) is 18.5 Å². The molecule has 1 heterocycles. The second kappa shape index (κ2) is 5.56. The standard InChI is InChI=1S/C10H13ClN2O2/c1-7(11)2-5-13-10(15)8-3-4-12-6-9(8)14/h3-4,6-7,14H,2,5H2,1H3,(H,13,15). The number of aromatic hydroxyl groups is 1. The maximum absolute atomic E-state index is 11.5. The summed E-state index contributed by atoms with van der Waals surface area (Å²) in [7, 11) is 0. The molecule has 1 rings (SSSR count). The first-order valence-electron chi connectivity index (χ1n) is 4.66. The molecule has 0 bridgehead atoms. The smallest absolute Gasteiger partial charge is 0.255 e. The summed E-state index contributed by atoms with van der Waals surface area (Å²) in [6, 6.07) is 1.47. The SMILES string of the molecule is CC(Cl)CCNC(=O)c1ccncc1O. The molecule has 0 aliphatic rings. The zero-order valence-electron chi connectivity index (χ0n) is 8.40. The highest BCUT2D eigenvalue weighted by molar-refractivity contribution is 6.20. The summed E-state index contributed by atoms with van der Waals surface area (Å²) < 4.78 is 0. The molecule has 1 aromatic rings. The fourth-order valence-corrected chi connectivity index (χ4v) is 1.17. The Balaban J connectivity index is 2.51. The second-order valence-electron chi connectivity index (χ2n) is 3.22. The van der Waals surface area contributed by atoms with Crippen molar-refractivity contribution in [2.75, 3.05) is 6.54 Å². The Bertz CT molecular complexity index is 342. The first-order chi connectivity index (χ1) is 7.11. The Morgan fingerprint density at radius 2 is 2.47 bits per heavy atom. The van der Waals surface area contributed by atoms with Crippen molar-refractivity contribution in [2.45, 2.75) is 18.7 Å². The van der Waals surface area contributed by atoms with Gasteiger partial charge in [0, 0.05) is 18.1 Å². The molecule has 1 unspecified atom stereocenters. The van der Waals surface area contributed by atoms with Crippen molar-refractivity contribution < 1.29 is 9.90 Å². The van der Waals surface area contributed by atoms with E-state index in [1.165, 1.54) is 18.5 Å². The van der Waals surface area contributed by atoms with E-state index >= 15 is 0 Å². The third kappa shape index (κ3) is 3.75. The van der Waals surface area contributed by atoms with Gasteiger partial charge in [0.1, 0.15) is 5.75 Å². The fourth-order valence-electron chi connectivity index (χ4n) is 1.06. The largest absolute Gasteiger partial charge is 0.505 e. The molecule has 5 heteroatoms. The Morgan fingerprint density at radius 3 is 3.07 bits per heavy atom. The van der Waals surface area contributed by atoms with Crippen molar-refractivity contribution in [3.8, 4) is 5.75 Å². The number of hydrogen-bond acceptors (Lipinski definition) is 3. The number of aromatic nitrogens is 1. The van der Waals surface area contributed by atoms with Gasteiger partial charge in [0.15, 0.2) is 0 Å². The molecule has 0 saturated carbocycles. The first kappa shape index (κ1) is 11.8. The fraction of sp³-hybridized carbons (Fsp3) is 0.400. The average molecular weight is 229 g/mol. The van der Waals surface area contributed by atoms with Crippen LogP contribution in [0.1, 0.15) is 23.7 Å². The number of hydrogen-bond donors (Lipinski definition) is 2. The quantitative estimate of drug-likeness (QED) is 0.769. The van der Waals surface area contributed by atoms with E-state index in [4.69, 9.17) is 11.6 Å². The highest BCUT2D eigenvalue weighted by atomic mass is 35.5. The zero-order valence-corrected chi connectivity index (χ0v) is 9.16. The van der Waals surface area contributed by atoms with Crippen molar-refractivity contribution in [3.05, 3.63) is 24.0 Å². The van der Waals surface area contributed by atoms with Crippen LogP contribution >= 0.6 is 11.6 Å². The second-order valence-corrected chi connectivity index (χ2v) is 3.96. The van der Waals surface area contributed by atoms with Gasteiger partial charge in [0.05, 0.1) is 11.8 Å². The molecule has 0 fully saturated rings. The van der Waals surface area contributed by atoms with E-state index in [0.29, 0.717) is 13.0 Å². The van der Waals surface area contributed by atoms with Crippen LogP contribution in [0.3, 0.4) is 0 Å². The van der Waals surface area contributed by atoms with E-state index in [1.54, 1.807) is 0 Å². The van der Waals surface area contributed by atoms with Gasteiger partial charge >= 0.3 is 0 Å². The van der Waals surface area contributed by atoms with Gasteiger partial charge in [-0.1, -0.05) is 0 Å².